The number of pyridine rings is 1. The van der Waals surface area contributed by atoms with Gasteiger partial charge in [-0.05, 0) is 31.0 Å². The summed E-state index contributed by atoms with van der Waals surface area (Å²) in [6.07, 6.45) is 4.37. The lowest BCUT2D eigenvalue weighted by molar-refractivity contribution is 0.138. The second-order valence-corrected chi connectivity index (χ2v) is 5.34. The molecule has 2 heterocycles. The van der Waals surface area contributed by atoms with Gasteiger partial charge in [0.1, 0.15) is 6.10 Å². The van der Waals surface area contributed by atoms with Crippen LogP contribution in [0, 0.1) is 0 Å². The van der Waals surface area contributed by atoms with Crippen molar-refractivity contribution in [3.8, 4) is 5.88 Å². The summed E-state index contributed by atoms with van der Waals surface area (Å²) in [5.41, 5.74) is 2.38. The molecule has 1 aromatic rings. The van der Waals surface area contributed by atoms with Crippen molar-refractivity contribution in [2.24, 2.45) is 0 Å². The number of nitrogens with zero attached hydrogens (tertiary/aromatic N) is 1. The van der Waals surface area contributed by atoms with Gasteiger partial charge < -0.3 is 14.8 Å². The third-order valence-corrected chi connectivity index (χ3v) is 3.35. The minimum atomic E-state index is 0.163. The van der Waals surface area contributed by atoms with Crippen LogP contribution in [0.5, 0.6) is 5.88 Å². The van der Waals surface area contributed by atoms with Gasteiger partial charge in [0.15, 0.2) is 0 Å². The molecule has 1 saturated heterocycles. The van der Waals surface area contributed by atoms with Gasteiger partial charge in [-0.2, -0.15) is 0 Å². The van der Waals surface area contributed by atoms with Crippen molar-refractivity contribution in [2.75, 3.05) is 19.8 Å². The molecule has 1 aromatic heterocycles. The molecule has 0 spiro atoms. The van der Waals surface area contributed by atoms with E-state index in [0.29, 0.717) is 6.61 Å². The van der Waals surface area contributed by atoms with Crippen molar-refractivity contribution in [3.63, 3.8) is 0 Å². The van der Waals surface area contributed by atoms with Crippen molar-refractivity contribution in [1.29, 1.82) is 0 Å². The number of ether oxygens (including phenoxy) is 2. The van der Waals surface area contributed by atoms with Crippen LogP contribution in [0.15, 0.2) is 12.1 Å². The fourth-order valence-electron chi connectivity index (χ4n) is 2.35. The smallest absolute Gasteiger partial charge is 0.214 e. The molecule has 4 heteroatoms. The molecular weight excluding hydrogens is 252 g/mol. The van der Waals surface area contributed by atoms with E-state index in [1.165, 1.54) is 5.56 Å². The number of rotatable bonds is 8. The van der Waals surface area contributed by atoms with E-state index in [9.17, 15) is 0 Å². The summed E-state index contributed by atoms with van der Waals surface area (Å²) < 4.78 is 11.3. The largest absolute Gasteiger partial charge is 0.472 e. The molecule has 112 valence electrons. The predicted octanol–water partition coefficient (Wildman–Crippen LogP) is 2.70. The Morgan fingerprint density at radius 1 is 1.35 bits per heavy atom. The zero-order valence-electron chi connectivity index (χ0n) is 12.7. The quantitative estimate of drug-likeness (QED) is 0.743. The van der Waals surface area contributed by atoms with E-state index < -0.39 is 0 Å². The van der Waals surface area contributed by atoms with Gasteiger partial charge in [-0.25, -0.2) is 4.98 Å². The molecule has 0 aliphatic carbocycles. The molecule has 20 heavy (non-hydrogen) atoms. The Balaban J connectivity index is 2.03. The lowest BCUT2D eigenvalue weighted by Crippen LogP contribution is -2.18. The van der Waals surface area contributed by atoms with E-state index in [1.54, 1.807) is 0 Å². The zero-order chi connectivity index (χ0) is 14.2. The van der Waals surface area contributed by atoms with Crippen molar-refractivity contribution in [2.45, 2.75) is 52.2 Å². The summed E-state index contributed by atoms with van der Waals surface area (Å²) in [6.45, 7) is 7.75. The first kappa shape index (κ1) is 15.3. The van der Waals surface area contributed by atoms with E-state index in [1.807, 2.05) is 0 Å². The minimum absolute atomic E-state index is 0.163. The standard InChI is InChI=1S/C16H26N2O2/c1-3-5-14-9-13(11-17-7-4-2)10-16(18-14)20-15-6-8-19-12-15/h9-10,15,17H,3-8,11-12H2,1-2H3. The van der Waals surface area contributed by atoms with Crippen LogP contribution < -0.4 is 10.1 Å². The van der Waals surface area contributed by atoms with Crippen LogP contribution in [0.4, 0.5) is 0 Å². The molecule has 1 atom stereocenters. The zero-order valence-corrected chi connectivity index (χ0v) is 12.7. The SMILES string of the molecule is CCCNCc1cc(CCC)nc(OC2CCOC2)c1. The number of aryl methyl sites for hydroxylation is 1. The topological polar surface area (TPSA) is 43.4 Å². The molecule has 1 N–H and O–H groups in total. The van der Waals surface area contributed by atoms with E-state index in [4.69, 9.17) is 9.47 Å². The highest BCUT2D eigenvalue weighted by molar-refractivity contribution is 5.25. The number of hydrogen-bond acceptors (Lipinski definition) is 4. The average molecular weight is 278 g/mol. The molecule has 0 bridgehead atoms. The van der Waals surface area contributed by atoms with Crippen LogP contribution in [0.1, 0.15) is 44.4 Å². The average Bonchev–Trinajstić information content (AvgIpc) is 2.92. The van der Waals surface area contributed by atoms with Crippen molar-refractivity contribution in [3.05, 3.63) is 23.4 Å². The minimum Gasteiger partial charge on any atom is -0.472 e. The van der Waals surface area contributed by atoms with Gasteiger partial charge >= 0.3 is 0 Å². The summed E-state index contributed by atoms with van der Waals surface area (Å²) in [7, 11) is 0. The first-order valence-electron chi connectivity index (χ1n) is 7.76. The molecule has 1 unspecified atom stereocenters. The van der Waals surface area contributed by atoms with Gasteiger partial charge in [0.25, 0.3) is 0 Å². The van der Waals surface area contributed by atoms with Crippen LogP contribution in [0.2, 0.25) is 0 Å². The Morgan fingerprint density at radius 3 is 2.95 bits per heavy atom. The summed E-state index contributed by atoms with van der Waals surface area (Å²) >= 11 is 0. The van der Waals surface area contributed by atoms with Gasteiger partial charge in [0.05, 0.1) is 13.2 Å². The van der Waals surface area contributed by atoms with Crippen LogP contribution in [-0.4, -0.2) is 30.8 Å². The Hall–Kier alpha value is -1.13. The summed E-state index contributed by atoms with van der Waals surface area (Å²) in [5.74, 6) is 0.750. The normalized spacial score (nSPS) is 18.4. The van der Waals surface area contributed by atoms with E-state index in [2.05, 4.69) is 36.3 Å². The Bertz CT molecular complexity index is 403. The number of hydrogen-bond donors (Lipinski definition) is 1. The molecule has 0 radical (unpaired) electrons. The molecule has 1 aliphatic heterocycles. The van der Waals surface area contributed by atoms with Crippen molar-refractivity contribution < 1.29 is 9.47 Å². The highest BCUT2D eigenvalue weighted by Crippen LogP contribution is 2.18. The monoisotopic (exact) mass is 278 g/mol. The Morgan fingerprint density at radius 2 is 2.25 bits per heavy atom. The number of aromatic nitrogens is 1. The second-order valence-electron chi connectivity index (χ2n) is 5.34. The van der Waals surface area contributed by atoms with Crippen LogP contribution in [-0.2, 0) is 17.7 Å². The molecule has 0 aromatic carbocycles. The molecule has 0 amide bonds. The third-order valence-electron chi connectivity index (χ3n) is 3.35. The maximum Gasteiger partial charge on any atom is 0.214 e. The van der Waals surface area contributed by atoms with Crippen LogP contribution in [0.25, 0.3) is 0 Å². The van der Waals surface area contributed by atoms with Gasteiger partial charge in [-0.3, -0.25) is 0 Å². The maximum atomic E-state index is 5.95. The van der Waals surface area contributed by atoms with Gasteiger partial charge in [-0.1, -0.05) is 20.3 Å². The number of nitrogens with one attached hydrogen (secondary N) is 1. The Labute approximate surface area is 121 Å². The summed E-state index contributed by atoms with van der Waals surface area (Å²) in [4.78, 5) is 4.61. The maximum absolute atomic E-state index is 5.95. The first-order chi connectivity index (χ1) is 9.81. The molecular formula is C16H26N2O2. The lowest BCUT2D eigenvalue weighted by atomic mass is 10.1. The first-order valence-corrected chi connectivity index (χ1v) is 7.76. The van der Waals surface area contributed by atoms with E-state index in [0.717, 1.165) is 57.0 Å². The third kappa shape index (κ3) is 4.76. The highest BCUT2D eigenvalue weighted by atomic mass is 16.5. The fourth-order valence-corrected chi connectivity index (χ4v) is 2.35. The Kier molecular flexibility index (Phi) is 6.27. The second kappa shape index (κ2) is 8.22. The molecule has 1 aliphatic rings. The van der Waals surface area contributed by atoms with Crippen LogP contribution in [0.3, 0.4) is 0 Å². The van der Waals surface area contributed by atoms with Crippen molar-refractivity contribution in [1.82, 2.24) is 10.3 Å². The summed E-state index contributed by atoms with van der Waals surface area (Å²) in [6, 6.07) is 4.24. The van der Waals surface area contributed by atoms with Gasteiger partial charge in [0, 0.05) is 24.7 Å². The molecule has 4 nitrogen and oxygen atoms in total. The highest BCUT2D eigenvalue weighted by Gasteiger charge is 2.18. The molecule has 2 rings (SSSR count). The van der Waals surface area contributed by atoms with E-state index >= 15 is 0 Å². The van der Waals surface area contributed by atoms with Gasteiger partial charge in [0.2, 0.25) is 5.88 Å². The molecule has 1 fully saturated rings. The molecule has 0 saturated carbocycles. The summed E-state index contributed by atoms with van der Waals surface area (Å²) in [5, 5.41) is 3.43. The van der Waals surface area contributed by atoms with Crippen LogP contribution >= 0.6 is 0 Å². The fraction of sp³-hybridized carbons (Fsp3) is 0.688. The van der Waals surface area contributed by atoms with Gasteiger partial charge in [-0.15, -0.1) is 0 Å². The lowest BCUT2D eigenvalue weighted by Gasteiger charge is -2.14. The van der Waals surface area contributed by atoms with Crippen molar-refractivity contribution >= 4 is 0 Å². The van der Waals surface area contributed by atoms with E-state index in [-0.39, 0.29) is 6.10 Å². The predicted molar refractivity (Wildman–Crippen MR) is 80.1 cm³/mol.